The van der Waals surface area contributed by atoms with Crippen LogP contribution in [0.2, 0.25) is 0 Å². The Kier molecular flexibility index (Phi) is 4.79. The third-order valence-electron chi connectivity index (χ3n) is 4.60. The van der Waals surface area contributed by atoms with Gasteiger partial charge in [0.1, 0.15) is 5.65 Å². The minimum Gasteiger partial charge on any atom is -0.454 e. The Hall–Kier alpha value is -3.27. The maximum atomic E-state index is 12.7. The maximum Gasteiger partial charge on any atom is 0.332 e. The van der Waals surface area contributed by atoms with Gasteiger partial charge in [0.15, 0.2) is 11.5 Å². The van der Waals surface area contributed by atoms with Crippen LogP contribution in [0.5, 0.6) is 11.5 Å². The number of nitrogens with zero attached hydrogens (tertiary/aromatic N) is 3. The van der Waals surface area contributed by atoms with Crippen molar-refractivity contribution in [2.45, 2.75) is 11.8 Å². The minimum absolute atomic E-state index is 0.0837. The lowest BCUT2D eigenvalue weighted by atomic mass is 10.2. The summed E-state index contributed by atoms with van der Waals surface area (Å²) < 4.78 is 12.9. The SMILES string of the molecule is Cc1cnc2c(c1SCC(=O)Nc1ccc3c(c1)OCO3)c(=O)n(C)c(=O)n2C. The summed E-state index contributed by atoms with van der Waals surface area (Å²) in [6, 6.07) is 5.16. The molecule has 1 aliphatic heterocycles. The zero-order valence-corrected chi connectivity index (χ0v) is 16.8. The highest BCUT2D eigenvalue weighted by Crippen LogP contribution is 2.34. The molecule has 0 spiro atoms. The fourth-order valence-electron chi connectivity index (χ4n) is 3.09. The number of fused-ring (bicyclic) bond motifs is 2. The maximum absolute atomic E-state index is 12.7. The van der Waals surface area contributed by atoms with Crippen molar-refractivity contribution >= 4 is 34.4 Å². The molecule has 0 radical (unpaired) electrons. The van der Waals surface area contributed by atoms with Gasteiger partial charge in [-0.3, -0.25) is 18.7 Å². The fraction of sp³-hybridized carbons (Fsp3) is 0.263. The van der Waals surface area contributed by atoms with Crippen LogP contribution in [0, 0.1) is 6.92 Å². The summed E-state index contributed by atoms with van der Waals surface area (Å²) in [6.45, 7) is 1.98. The van der Waals surface area contributed by atoms with Gasteiger partial charge in [-0.2, -0.15) is 0 Å². The molecule has 3 heterocycles. The number of aromatic nitrogens is 3. The summed E-state index contributed by atoms with van der Waals surface area (Å²) in [7, 11) is 2.99. The van der Waals surface area contributed by atoms with Crippen LogP contribution >= 0.6 is 11.8 Å². The average Bonchev–Trinajstić information content (AvgIpc) is 3.17. The van der Waals surface area contributed by atoms with E-state index in [0.29, 0.717) is 33.1 Å². The first-order chi connectivity index (χ1) is 13.9. The number of amides is 1. The zero-order valence-electron chi connectivity index (χ0n) is 16.0. The smallest absolute Gasteiger partial charge is 0.332 e. The van der Waals surface area contributed by atoms with E-state index in [1.54, 1.807) is 31.4 Å². The van der Waals surface area contributed by atoms with E-state index in [0.717, 1.165) is 10.1 Å². The van der Waals surface area contributed by atoms with Crippen LogP contribution in [0.4, 0.5) is 5.69 Å². The predicted molar refractivity (Wildman–Crippen MR) is 109 cm³/mol. The molecule has 0 saturated heterocycles. The number of ether oxygens (including phenoxy) is 2. The molecule has 0 unspecified atom stereocenters. The van der Waals surface area contributed by atoms with Crippen molar-refractivity contribution in [3.8, 4) is 11.5 Å². The van der Waals surface area contributed by atoms with Crippen molar-refractivity contribution < 1.29 is 14.3 Å². The second kappa shape index (κ2) is 7.28. The monoisotopic (exact) mass is 414 g/mol. The normalized spacial score (nSPS) is 12.4. The van der Waals surface area contributed by atoms with Gasteiger partial charge < -0.3 is 14.8 Å². The molecule has 1 aromatic carbocycles. The van der Waals surface area contributed by atoms with Gasteiger partial charge in [-0.1, -0.05) is 0 Å². The Morgan fingerprint density at radius 2 is 1.97 bits per heavy atom. The number of aryl methyl sites for hydroxylation is 2. The van der Waals surface area contributed by atoms with Crippen LogP contribution in [0.3, 0.4) is 0 Å². The van der Waals surface area contributed by atoms with Crippen molar-refractivity contribution in [1.29, 1.82) is 0 Å². The Morgan fingerprint density at radius 3 is 2.76 bits per heavy atom. The van der Waals surface area contributed by atoms with Crippen molar-refractivity contribution in [3.05, 3.63) is 50.8 Å². The van der Waals surface area contributed by atoms with E-state index in [4.69, 9.17) is 9.47 Å². The van der Waals surface area contributed by atoms with Gasteiger partial charge in [0.05, 0.1) is 11.1 Å². The number of nitrogens with one attached hydrogen (secondary N) is 1. The van der Waals surface area contributed by atoms with Crippen molar-refractivity contribution in [2.24, 2.45) is 14.1 Å². The summed E-state index contributed by atoms with van der Waals surface area (Å²) in [5, 5.41) is 3.14. The first-order valence-corrected chi connectivity index (χ1v) is 9.73. The number of hydrogen-bond donors (Lipinski definition) is 1. The zero-order chi connectivity index (χ0) is 20.7. The summed E-state index contributed by atoms with van der Waals surface area (Å²) >= 11 is 1.23. The largest absolute Gasteiger partial charge is 0.454 e. The van der Waals surface area contributed by atoms with E-state index in [1.165, 1.54) is 23.4 Å². The topological polar surface area (TPSA) is 104 Å². The molecule has 0 aliphatic carbocycles. The molecule has 2 aromatic heterocycles. The lowest BCUT2D eigenvalue weighted by Gasteiger charge is -2.12. The van der Waals surface area contributed by atoms with E-state index in [-0.39, 0.29) is 18.5 Å². The van der Waals surface area contributed by atoms with Gasteiger partial charge in [0, 0.05) is 36.9 Å². The van der Waals surface area contributed by atoms with Crippen LogP contribution < -0.4 is 26.0 Å². The third kappa shape index (κ3) is 3.35. The van der Waals surface area contributed by atoms with E-state index in [1.807, 2.05) is 6.92 Å². The van der Waals surface area contributed by atoms with Gasteiger partial charge >= 0.3 is 5.69 Å². The van der Waals surface area contributed by atoms with E-state index in [2.05, 4.69) is 10.3 Å². The number of hydrogen-bond acceptors (Lipinski definition) is 7. The van der Waals surface area contributed by atoms with Crippen LogP contribution in [0.1, 0.15) is 5.56 Å². The summed E-state index contributed by atoms with van der Waals surface area (Å²) in [5.74, 6) is 1.06. The molecule has 29 heavy (non-hydrogen) atoms. The number of benzene rings is 1. The summed E-state index contributed by atoms with van der Waals surface area (Å²) in [4.78, 5) is 42.2. The Labute approximate surface area is 169 Å². The molecule has 150 valence electrons. The minimum atomic E-state index is -0.449. The molecule has 9 nitrogen and oxygen atoms in total. The number of thioether (sulfide) groups is 1. The van der Waals surface area contributed by atoms with Gasteiger partial charge in [-0.05, 0) is 24.6 Å². The third-order valence-corrected chi connectivity index (χ3v) is 5.82. The van der Waals surface area contributed by atoms with Crippen molar-refractivity contribution in [3.63, 3.8) is 0 Å². The number of rotatable bonds is 4. The Balaban J connectivity index is 1.60. The van der Waals surface area contributed by atoms with Gasteiger partial charge in [-0.15, -0.1) is 11.8 Å². The van der Waals surface area contributed by atoms with E-state index >= 15 is 0 Å². The quantitative estimate of drug-likeness (QED) is 0.644. The highest BCUT2D eigenvalue weighted by Gasteiger charge is 2.18. The first-order valence-electron chi connectivity index (χ1n) is 8.74. The summed E-state index contributed by atoms with van der Waals surface area (Å²) in [6.07, 6.45) is 1.60. The second-order valence-corrected chi connectivity index (χ2v) is 7.57. The molecule has 4 rings (SSSR count). The summed E-state index contributed by atoms with van der Waals surface area (Å²) in [5.41, 5.74) is 0.763. The highest BCUT2D eigenvalue weighted by molar-refractivity contribution is 8.00. The standard InChI is InChI=1S/C19H18N4O5S/c1-10-7-20-17-15(18(25)23(3)19(26)22(17)2)16(10)29-8-14(24)21-11-4-5-12-13(6-11)28-9-27-12/h4-7H,8-9H2,1-3H3,(H,21,24). The average molecular weight is 414 g/mol. The molecule has 0 bridgehead atoms. The lowest BCUT2D eigenvalue weighted by Crippen LogP contribution is -2.37. The van der Waals surface area contributed by atoms with Crippen LogP contribution in [0.25, 0.3) is 11.0 Å². The van der Waals surface area contributed by atoms with Crippen molar-refractivity contribution in [2.75, 3.05) is 17.9 Å². The van der Waals surface area contributed by atoms with E-state index < -0.39 is 11.2 Å². The number of anilines is 1. The van der Waals surface area contributed by atoms with Gasteiger partial charge in [0.2, 0.25) is 12.7 Å². The van der Waals surface area contributed by atoms with Gasteiger partial charge in [-0.25, -0.2) is 9.78 Å². The Bertz CT molecular complexity index is 1260. The predicted octanol–water partition coefficient (Wildman–Crippen LogP) is 1.40. The number of carbonyl (C=O) groups excluding carboxylic acids is 1. The molecule has 1 amide bonds. The molecule has 1 aliphatic rings. The second-order valence-electron chi connectivity index (χ2n) is 6.58. The number of carbonyl (C=O) groups is 1. The molecule has 3 aromatic rings. The van der Waals surface area contributed by atoms with E-state index in [9.17, 15) is 14.4 Å². The van der Waals surface area contributed by atoms with Crippen LogP contribution in [-0.4, -0.2) is 32.6 Å². The lowest BCUT2D eigenvalue weighted by molar-refractivity contribution is -0.113. The molecule has 0 fully saturated rings. The molecular weight excluding hydrogens is 396 g/mol. The molecule has 0 atom stereocenters. The first kappa shape index (κ1) is 19.1. The molecular formula is C19H18N4O5S. The fourth-order valence-corrected chi connectivity index (χ4v) is 4.04. The van der Waals surface area contributed by atoms with Crippen molar-refractivity contribution in [1.82, 2.24) is 14.1 Å². The van der Waals surface area contributed by atoms with Crippen LogP contribution in [-0.2, 0) is 18.9 Å². The molecule has 0 saturated carbocycles. The Morgan fingerprint density at radius 1 is 1.21 bits per heavy atom. The highest BCUT2D eigenvalue weighted by atomic mass is 32.2. The molecule has 1 N–H and O–H groups in total. The van der Waals surface area contributed by atoms with Gasteiger partial charge in [0.25, 0.3) is 5.56 Å². The van der Waals surface area contributed by atoms with Crippen LogP contribution in [0.15, 0.2) is 38.9 Å². The number of pyridine rings is 1. The molecule has 10 heteroatoms.